The number of carbonyl (C=O) groups excluding carboxylic acids is 2. The highest BCUT2D eigenvalue weighted by Crippen LogP contribution is 2.26. The van der Waals surface area contributed by atoms with Gasteiger partial charge in [0.2, 0.25) is 11.8 Å². The Hall–Kier alpha value is -4.09. The van der Waals surface area contributed by atoms with Crippen LogP contribution in [-0.2, 0) is 40.5 Å². The molecule has 0 bridgehead atoms. The third-order valence-electron chi connectivity index (χ3n) is 6.63. The van der Waals surface area contributed by atoms with Gasteiger partial charge in [-0.1, -0.05) is 59.9 Å². The van der Waals surface area contributed by atoms with Gasteiger partial charge >= 0.3 is 0 Å². The second kappa shape index (κ2) is 19.4. The Morgan fingerprint density at radius 1 is 0.826 bits per heavy atom. The predicted molar refractivity (Wildman–Crippen MR) is 175 cm³/mol. The van der Waals surface area contributed by atoms with Crippen molar-refractivity contribution in [1.82, 2.24) is 5.32 Å². The molecule has 0 saturated carbocycles. The Morgan fingerprint density at radius 2 is 1.41 bits per heavy atom. The number of nitrogens with two attached hydrogens (primary N) is 1. The van der Waals surface area contributed by atoms with Crippen LogP contribution in [0.4, 0.5) is 5.69 Å². The molecule has 0 radical (unpaired) electrons. The Labute approximate surface area is 270 Å². The number of anilines is 1. The molecule has 3 aromatic rings. The fraction of sp³-hybridized carbons (Fsp3) is 0.353. The third kappa shape index (κ3) is 12.7. The number of hydrogen-bond acceptors (Lipinski definition) is 8. The smallest absolute Gasteiger partial charge is 0.294 e. The van der Waals surface area contributed by atoms with Crippen molar-refractivity contribution in [1.29, 1.82) is 0 Å². The summed E-state index contributed by atoms with van der Waals surface area (Å²) in [6.07, 6.45) is 0.216. The standard InChI is InChI=1S/C27H33N3O5.C7H8O3S/c28-13-15-33-17-19-35-20-18-34-16-14-29-26(31)11-12-27(32)30-21-24-7-2-1-5-22(24)9-10-23-6-3-4-8-25(23)30;1-6-2-4-7(5-3-6)11(8,9)10/h1-8H,11-21,28H2,(H,29,31);2-5H,1H3,(H,8,9,10). The van der Waals surface area contributed by atoms with Gasteiger partial charge in [0.15, 0.2) is 0 Å². The van der Waals surface area contributed by atoms with Gasteiger partial charge in [0.1, 0.15) is 0 Å². The normalized spacial score (nSPS) is 11.8. The lowest BCUT2D eigenvalue weighted by atomic mass is 10.0. The Bertz CT molecular complexity index is 1580. The quantitative estimate of drug-likeness (QED) is 0.128. The van der Waals surface area contributed by atoms with E-state index in [4.69, 9.17) is 24.5 Å². The average Bonchev–Trinajstić information content (AvgIpc) is 3.03. The largest absolute Gasteiger partial charge is 0.378 e. The molecule has 4 N–H and O–H groups in total. The number of nitrogens with one attached hydrogen (secondary N) is 1. The lowest BCUT2D eigenvalue weighted by Gasteiger charge is -2.26. The van der Waals surface area contributed by atoms with Crippen molar-refractivity contribution in [2.75, 3.05) is 57.6 Å². The zero-order valence-electron chi connectivity index (χ0n) is 25.9. The predicted octanol–water partition coefficient (Wildman–Crippen LogP) is 3.08. The van der Waals surface area contributed by atoms with Crippen LogP contribution in [0.3, 0.4) is 0 Å². The number of ether oxygens (including phenoxy) is 3. The molecule has 246 valence electrons. The lowest BCUT2D eigenvalue weighted by molar-refractivity contribution is -0.125. The van der Waals surface area contributed by atoms with Crippen LogP contribution in [-0.4, -0.2) is 77.5 Å². The Kier molecular flexibility index (Phi) is 15.4. The number of hydrogen-bond donors (Lipinski definition) is 3. The van der Waals surface area contributed by atoms with E-state index < -0.39 is 10.1 Å². The van der Waals surface area contributed by atoms with Gasteiger partial charge in [0, 0.05) is 37.1 Å². The van der Waals surface area contributed by atoms with Crippen molar-refractivity contribution in [3.63, 3.8) is 0 Å². The fourth-order valence-electron chi connectivity index (χ4n) is 4.25. The van der Waals surface area contributed by atoms with E-state index in [1.165, 1.54) is 12.1 Å². The molecule has 0 aliphatic carbocycles. The molecule has 1 aliphatic rings. The molecule has 0 fully saturated rings. The molecule has 4 rings (SSSR count). The highest BCUT2D eigenvalue weighted by Gasteiger charge is 2.21. The van der Waals surface area contributed by atoms with E-state index >= 15 is 0 Å². The minimum atomic E-state index is -4.02. The van der Waals surface area contributed by atoms with Gasteiger partial charge in [-0.05, 0) is 42.8 Å². The van der Waals surface area contributed by atoms with Crippen LogP contribution in [0.1, 0.15) is 35.1 Å². The molecular formula is C34H41N3O8S. The second-order valence-electron chi connectivity index (χ2n) is 10.2. The molecular weight excluding hydrogens is 610 g/mol. The molecule has 11 nitrogen and oxygen atoms in total. The molecule has 2 amide bonds. The molecule has 0 atom stereocenters. The van der Waals surface area contributed by atoms with Crippen LogP contribution < -0.4 is 16.0 Å². The van der Waals surface area contributed by atoms with E-state index in [-0.39, 0.29) is 29.6 Å². The number of benzene rings is 3. The maximum Gasteiger partial charge on any atom is 0.294 e. The zero-order valence-corrected chi connectivity index (χ0v) is 26.8. The first-order valence-corrected chi connectivity index (χ1v) is 16.4. The van der Waals surface area contributed by atoms with Crippen LogP contribution in [0.5, 0.6) is 0 Å². The van der Waals surface area contributed by atoms with Gasteiger partial charge in [-0.15, -0.1) is 0 Å². The van der Waals surface area contributed by atoms with Crippen LogP contribution in [0.2, 0.25) is 0 Å². The van der Waals surface area contributed by atoms with E-state index in [2.05, 4.69) is 17.2 Å². The number of amides is 2. The summed E-state index contributed by atoms with van der Waals surface area (Å²) >= 11 is 0. The lowest BCUT2D eigenvalue weighted by Crippen LogP contribution is -2.34. The van der Waals surface area contributed by atoms with Crippen molar-refractivity contribution < 1.29 is 36.8 Å². The van der Waals surface area contributed by atoms with E-state index in [0.717, 1.165) is 27.9 Å². The van der Waals surface area contributed by atoms with Crippen LogP contribution in [0.15, 0.2) is 77.7 Å². The molecule has 1 heterocycles. The molecule has 12 heteroatoms. The highest BCUT2D eigenvalue weighted by atomic mass is 32.2. The summed E-state index contributed by atoms with van der Waals surface area (Å²) < 4.78 is 45.6. The summed E-state index contributed by atoms with van der Waals surface area (Å²) in [5, 5.41) is 2.79. The first kappa shape index (κ1) is 36.4. The van der Waals surface area contributed by atoms with Crippen LogP contribution >= 0.6 is 0 Å². The Balaban J connectivity index is 0.000000441. The highest BCUT2D eigenvalue weighted by molar-refractivity contribution is 7.85. The summed E-state index contributed by atoms with van der Waals surface area (Å²) in [6.45, 7) is 5.93. The number of aryl methyl sites for hydroxylation is 1. The molecule has 3 aromatic carbocycles. The van der Waals surface area contributed by atoms with Gasteiger partial charge in [-0.2, -0.15) is 8.42 Å². The summed E-state index contributed by atoms with van der Waals surface area (Å²) in [5.74, 6) is 6.08. The number of fused-ring (bicyclic) bond motifs is 2. The minimum absolute atomic E-state index is 0.0666. The summed E-state index contributed by atoms with van der Waals surface area (Å²) in [6, 6.07) is 21.4. The molecule has 0 aromatic heterocycles. The molecule has 46 heavy (non-hydrogen) atoms. The van der Waals surface area contributed by atoms with E-state index in [0.29, 0.717) is 59.3 Å². The first-order valence-electron chi connectivity index (χ1n) is 14.9. The van der Waals surface area contributed by atoms with E-state index in [1.807, 2.05) is 55.5 Å². The molecule has 0 spiro atoms. The topological polar surface area (TPSA) is 157 Å². The van der Waals surface area contributed by atoms with E-state index in [1.54, 1.807) is 17.0 Å². The van der Waals surface area contributed by atoms with Gasteiger partial charge in [0.05, 0.1) is 56.8 Å². The van der Waals surface area contributed by atoms with Crippen molar-refractivity contribution in [2.45, 2.75) is 31.2 Å². The molecule has 0 saturated heterocycles. The van der Waals surface area contributed by atoms with Crippen molar-refractivity contribution in [2.24, 2.45) is 5.73 Å². The van der Waals surface area contributed by atoms with E-state index in [9.17, 15) is 18.0 Å². The maximum atomic E-state index is 13.1. The second-order valence-corrected chi connectivity index (χ2v) is 11.6. The Morgan fingerprint density at radius 3 is 2.09 bits per heavy atom. The van der Waals surface area contributed by atoms with Crippen molar-refractivity contribution in [3.8, 4) is 11.8 Å². The summed E-state index contributed by atoms with van der Waals surface area (Å²) in [7, 11) is -4.02. The number of rotatable bonds is 15. The van der Waals surface area contributed by atoms with Crippen molar-refractivity contribution in [3.05, 3.63) is 95.1 Å². The molecule has 1 aliphatic heterocycles. The van der Waals surface area contributed by atoms with Crippen molar-refractivity contribution >= 4 is 27.6 Å². The zero-order chi connectivity index (χ0) is 33.2. The fourth-order valence-corrected chi connectivity index (χ4v) is 4.73. The first-order chi connectivity index (χ1) is 22.2. The van der Waals surface area contributed by atoms with Gasteiger partial charge < -0.3 is 30.2 Å². The summed E-state index contributed by atoms with van der Waals surface area (Å²) in [4.78, 5) is 27.0. The number of carbonyl (C=O) groups is 2. The minimum Gasteiger partial charge on any atom is -0.378 e. The number of nitrogens with zero attached hydrogens (tertiary/aromatic N) is 1. The van der Waals surface area contributed by atoms with Gasteiger partial charge in [0.25, 0.3) is 10.1 Å². The van der Waals surface area contributed by atoms with Gasteiger partial charge in [-0.25, -0.2) is 0 Å². The third-order valence-corrected chi connectivity index (χ3v) is 7.50. The SMILES string of the molecule is Cc1ccc(S(=O)(=O)O)cc1.NCCOCCOCCOCCNC(=O)CCC(=O)N1Cc2ccccc2C#Cc2ccccc21. The van der Waals surface area contributed by atoms with Crippen LogP contribution in [0, 0.1) is 18.8 Å². The summed E-state index contributed by atoms with van der Waals surface area (Å²) in [5.41, 5.74) is 9.74. The molecule has 0 unspecified atom stereocenters. The maximum absolute atomic E-state index is 13.1. The van der Waals surface area contributed by atoms with Crippen LogP contribution in [0.25, 0.3) is 0 Å². The monoisotopic (exact) mass is 651 g/mol. The van der Waals surface area contributed by atoms with Gasteiger partial charge in [-0.3, -0.25) is 14.1 Å². The average molecular weight is 652 g/mol. The number of para-hydroxylation sites is 1.